The van der Waals surface area contributed by atoms with E-state index in [1.165, 1.54) is 44.5 Å². The van der Waals surface area contributed by atoms with Crippen LogP contribution in [0.1, 0.15) is 23.6 Å². The number of thiol groups is 3. The molecule has 0 aliphatic heterocycles. The van der Waals surface area contributed by atoms with E-state index in [0.29, 0.717) is 0 Å². The van der Waals surface area contributed by atoms with Gasteiger partial charge in [-0.1, -0.05) is 110 Å². The fourth-order valence-corrected chi connectivity index (χ4v) is 6.34. The van der Waals surface area contributed by atoms with Gasteiger partial charge in [-0.2, -0.15) is 0 Å². The van der Waals surface area contributed by atoms with Crippen molar-refractivity contribution >= 4 is 43.5 Å². The maximum Gasteiger partial charge on any atom is 0.0283 e. The second-order valence-electron chi connectivity index (χ2n) is 10.5. The molecule has 0 aromatic heterocycles. The van der Waals surface area contributed by atoms with Crippen molar-refractivity contribution in [2.45, 2.75) is 27.0 Å². The van der Waals surface area contributed by atoms with E-state index in [-0.39, 0.29) is 11.3 Å². The third-order valence-electron chi connectivity index (χ3n) is 8.06. The molecule has 1 aliphatic carbocycles. The summed E-state index contributed by atoms with van der Waals surface area (Å²) in [6.45, 7) is 2.35. The van der Waals surface area contributed by atoms with Crippen LogP contribution >= 0.6 is 37.9 Å². The smallest absolute Gasteiger partial charge is 0.0283 e. The lowest BCUT2D eigenvalue weighted by Gasteiger charge is -2.37. The summed E-state index contributed by atoms with van der Waals surface area (Å²) in [5.74, 6) is 0.140. The molecule has 5 aromatic carbocycles. The largest absolute Gasteiger partial charge is 0.143 e. The quantitative estimate of drug-likeness (QED) is 0.166. The minimum absolute atomic E-state index is 0.140. The summed E-state index contributed by atoms with van der Waals surface area (Å²) in [5.41, 5.74) is 9.30. The van der Waals surface area contributed by atoms with Crippen LogP contribution in [0.2, 0.25) is 0 Å². The molecule has 196 valence electrons. The van der Waals surface area contributed by atoms with Gasteiger partial charge < -0.3 is 0 Å². The van der Waals surface area contributed by atoms with E-state index >= 15 is 0 Å². The van der Waals surface area contributed by atoms with Gasteiger partial charge in [0.15, 0.2) is 0 Å². The maximum atomic E-state index is 5.03. The lowest BCUT2D eigenvalue weighted by Crippen LogP contribution is -2.31. The zero-order valence-electron chi connectivity index (χ0n) is 22.2. The van der Waals surface area contributed by atoms with Gasteiger partial charge in [-0.25, -0.2) is 0 Å². The molecular weight excluding hydrogens is 541 g/mol. The van der Waals surface area contributed by atoms with E-state index < -0.39 is 0 Å². The van der Waals surface area contributed by atoms with Crippen molar-refractivity contribution in [3.63, 3.8) is 0 Å². The number of rotatable bonds is 6. The Bertz CT molecular complexity index is 1700. The summed E-state index contributed by atoms with van der Waals surface area (Å²) >= 11 is 14.0. The Labute approximate surface area is 253 Å². The van der Waals surface area contributed by atoms with Gasteiger partial charge in [0.25, 0.3) is 0 Å². The molecular formula is C37H30S3. The summed E-state index contributed by atoms with van der Waals surface area (Å²) in [5, 5.41) is 0. The van der Waals surface area contributed by atoms with Crippen LogP contribution in [-0.4, -0.2) is 0 Å². The van der Waals surface area contributed by atoms with Gasteiger partial charge in [0.1, 0.15) is 0 Å². The van der Waals surface area contributed by atoms with Gasteiger partial charge in [0.2, 0.25) is 0 Å². The van der Waals surface area contributed by atoms with Gasteiger partial charge in [-0.3, -0.25) is 0 Å². The van der Waals surface area contributed by atoms with Crippen LogP contribution in [0.4, 0.5) is 0 Å². The monoisotopic (exact) mass is 570 g/mol. The summed E-state index contributed by atoms with van der Waals surface area (Å²) in [6, 6.07) is 42.9. The van der Waals surface area contributed by atoms with E-state index in [4.69, 9.17) is 12.6 Å². The van der Waals surface area contributed by atoms with Gasteiger partial charge >= 0.3 is 0 Å². The molecule has 2 unspecified atom stereocenters. The SMILES string of the molecule is CC(c1ccc(-c2ccccc2)cc1)(c1cc(-c2ccc(S)cc2)ccc1S)C1C=CC(c2ccc(S)cc2)=C1. The predicted octanol–water partition coefficient (Wildman–Crippen LogP) is 10.5. The molecule has 0 radical (unpaired) electrons. The topological polar surface area (TPSA) is 0 Å². The normalized spacial score (nSPS) is 16.0. The van der Waals surface area contributed by atoms with E-state index in [1.54, 1.807) is 0 Å². The predicted molar refractivity (Wildman–Crippen MR) is 179 cm³/mol. The van der Waals surface area contributed by atoms with E-state index in [2.05, 4.69) is 147 Å². The van der Waals surface area contributed by atoms with Crippen LogP contribution < -0.4 is 0 Å². The second-order valence-corrected chi connectivity index (χ2v) is 12.0. The van der Waals surface area contributed by atoms with Crippen molar-refractivity contribution in [2.75, 3.05) is 0 Å². The molecule has 0 spiro atoms. The molecule has 3 heteroatoms. The van der Waals surface area contributed by atoms with Crippen LogP contribution in [0.5, 0.6) is 0 Å². The highest BCUT2D eigenvalue weighted by Crippen LogP contribution is 2.47. The summed E-state index contributed by atoms with van der Waals surface area (Å²) < 4.78 is 0. The molecule has 0 amide bonds. The Balaban J connectivity index is 1.48. The molecule has 0 nitrogen and oxygen atoms in total. The third kappa shape index (κ3) is 5.22. The first-order valence-electron chi connectivity index (χ1n) is 13.4. The molecule has 40 heavy (non-hydrogen) atoms. The minimum atomic E-state index is -0.354. The summed E-state index contributed by atoms with van der Waals surface area (Å²) in [6.07, 6.45) is 6.99. The van der Waals surface area contributed by atoms with E-state index in [1.807, 2.05) is 24.3 Å². The molecule has 0 saturated heterocycles. The van der Waals surface area contributed by atoms with Gasteiger partial charge in [-0.15, -0.1) is 37.9 Å². The van der Waals surface area contributed by atoms with Crippen LogP contribution in [0.25, 0.3) is 27.8 Å². The molecule has 0 fully saturated rings. The second kappa shape index (κ2) is 11.2. The van der Waals surface area contributed by atoms with Crippen molar-refractivity contribution in [3.05, 3.63) is 156 Å². The molecule has 0 heterocycles. The first kappa shape index (κ1) is 26.8. The van der Waals surface area contributed by atoms with Crippen LogP contribution in [-0.2, 0) is 5.41 Å². The highest BCUT2D eigenvalue weighted by molar-refractivity contribution is 7.80. The first-order chi connectivity index (χ1) is 19.4. The average molecular weight is 571 g/mol. The zero-order chi connectivity index (χ0) is 27.7. The third-order valence-corrected chi connectivity index (χ3v) is 9.04. The number of benzene rings is 5. The first-order valence-corrected chi connectivity index (χ1v) is 14.7. The summed E-state index contributed by atoms with van der Waals surface area (Å²) in [4.78, 5) is 2.91. The summed E-state index contributed by atoms with van der Waals surface area (Å²) in [7, 11) is 0. The van der Waals surface area contributed by atoms with Crippen LogP contribution in [0, 0.1) is 5.92 Å². The molecule has 0 saturated carbocycles. The van der Waals surface area contributed by atoms with E-state index in [9.17, 15) is 0 Å². The van der Waals surface area contributed by atoms with Crippen molar-refractivity contribution in [1.29, 1.82) is 0 Å². The molecule has 1 aliphatic rings. The maximum absolute atomic E-state index is 5.03. The zero-order valence-corrected chi connectivity index (χ0v) is 24.9. The van der Waals surface area contributed by atoms with Crippen molar-refractivity contribution in [2.24, 2.45) is 5.92 Å². The standard InChI is InChI=1S/C37H30S3/c1-37(31-15-7-26(8-16-31)25-5-3-2-4-6-25,32-17-9-29(23-32)27-10-18-33(38)19-11-27)35-24-30(14-22-36(35)40)28-12-20-34(39)21-13-28/h2-24,32,38-40H,1H3. The Kier molecular flexibility index (Phi) is 7.55. The van der Waals surface area contributed by atoms with Gasteiger partial charge in [0.05, 0.1) is 0 Å². The lowest BCUT2D eigenvalue weighted by molar-refractivity contribution is 0.480. The molecule has 5 aromatic rings. The fourth-order valence-electron chi connectivity index (χ4n) is 5.67. The lowest BCUT2D eigenvalue weighted by atomic mass is 9.67. The van der Waals surface area contributed by atoms with Crippen molar-refractivity contribution in [1.82, 2.24) is 0 Å². The molecule has 6 rings (SSSR count). The van der Waals surface area contributed by atoms with Crippen molar-refractivity contribution in [3.8, 4) is 22.3 Å². The average Bonchev–Trinajstić information content (AvgIpc) is 3.49. The highest BCUT2D eigenvalue weighted by atomic mass is 32.1. The molecule has 2 atom stereocenters. The van der Waals surface area contributed by atoms with Crippen LogP contribution in [0.3, 0.4) is 0 Å². The number of allylic oxidation sites excluding steroid dienone is 4. The molecule has 0 bridgehead atoms. The fraction of sp³-hybridized carbons (Fsp3) is 0.0811. The Morgan fingerprint density at radius 3 is 1.73 bits per heavy atom. The minimum Gasteiger partial charge on any atom is -0.143 e. The van der Waals surface area contributed by atoms with E-state index in [0.717, 1.165) is 14.7 Å². The Morgan fingerprint density at radius 2 is 1.07 bits per heavy atom. The van der Waals surface area contributed by atoms with Gasteiger partial charge in [0, 0.05) is 26.0 Å². The highest BCUT2D eigenvalue weighted by Gasteiger charge is 2.38. The van der Waals surface area contributed by atoms with Crippen molar-refractivity contribution < 1.29 is 0 Å². The number of hydrogen-bond donors (Lipinski definition) is 3. The molecule has 0 N–H and O–H groups in total. The Hall–Kier alpha value is -3.37. The van der Waals surface area contributed by atoms with Crippen LogP contribution in [0.15, 0.2) is 154 Å². The number of hydrogen-bond acceptors (Lipinski definition) is 3. The van der Waals surface area contributed by atoms with Gasteiger partial charge in [-0.05, 0) is 80.9 Å². The Morgan fingerprint density at radius 1 is 0.550 bits per heavy atom.